The summed E-state index contributed by atoms with van der Waals surface area (Å²) in [5, 5.41) is 7.13. The Labute approximate surface area is 146 Å². The molecule has 3 aromatic rings. The van der Waals surface area contributed by atoms with Crippen molar-refractivity contribution in [2.75, 3.05) is 19.0 Å². The monoisotopic (exact) mass is 337 g/mol. The summed E-state index contributed by atoms with van der Waals surface area (Å²) in [6.45, 7) is 2.44. The predicted molar refractivity (Wildman–Crippen MR) is 95.7 cm³/mol. The molecule has 0 aliphatic rings. The summed E-state index contributed by atoms with van der Waals surface area (Å²) >= 11 is 0. The summed E-state index contributed by atoms with van der Waals surface area (Å²) in [4.78, 5) is 12.4. The molecule has 6 heteroatoms. The van der Waals surface area contributed by atoms with E-state index in [0.717, 1.165) is 5.69 Å². The Hall–Kier alpha value is -3.28. The van der Waals surface area contributed by atoms with E-state index in [2.05, 4.69) is 10.4 Å². The van der Waals surface area contributed by atoms with Crippen molar-refractivity contribution < 1.29 is 14.3 Å². The average Bonchev–Trinajstić information content (AvgIpc) is 3.14. The number of hydrogen-bond acceptors (Lipinski definition) is 4. The summed E-state index contributed by atoms with van der Waals surface area (Å²) in [5.74, 6) is 0.909. The van der Waals surface area contributed by atoms with Crippen LogP contribution in [-0.2, 0) is 0 Å². The lowest BCUT2D eigenvalue weighted by atomic mass is 10.2. The molecular formula is C19H19N3O3. The van der Waals surface area contributed by atoms with E-state index in [1.165, 1.54) is 0 Å². The van der Waals surface area contributed by atoms with Crippen LogP contribution in [0.25, 0.3) is 5.69 Å². The second-order valence-electron chi connectivity index (χ2n) is 5.23. The summed E-state index contributed by atoms with van der Waals surface area (Å²) in [6.07, 6.45) is 1.75. The van der Waals surface area contributed by atoms with Gasteiger partial charge >= 0.3 is 0 Å². The van der Waals surface area contributed by atoms with Crippen molar-refractivity contribution in [3.8, 4) is 17.2 Å². The number of hydrogen-bond donors (Lipinski definition) is 1. The van der Waals surface area contributed by atoms with E-state index in [1.807, 2.05) is 37.3 Å². The van der Waals surface area contributed by atoms with Gasteiger partial charge in [-0.05, 0) is 37.3 Å². The molecule has 0 spiro atoms. The van der Waals surface area contributed by atoms with Gasteiger partial charge in [-0.2, -0.15) is 5.10 Å². The first-order valence-electron chi connectivity index (χ1n) is 7.94. The molecule has 128 valence electrons. The fourth-order valence-electron chi connectivity index (χ4n) is 2.38. The number of benzene rings is 2. The molecule has 3 rings (SSSR count). The molecule has 0 unspecified atom stereocenters. The maximum absolute atomic E-state index is 12.4. The first-order valence-corrected chi connectivity index (χ1v) is 7.94. The molecule has 1 aromatic heterocycles. The van der Waals surface area contributed by atoms with E-state index in [0.29, 0.717) is 29.5 Å². The molecule has 1 amide bonds. The van der Waals surface area contributed by atoms with Gasteiger partial charge < -0.3 is 14.8 Å². The molecule has 1 N–H and O–H groups in total. The normalized spacial score (nSPS) is 10.3. The van der Waals surface area contributed by atoms with Gasteiger partial charge in [0.15, 0.2) is 17.2 Å². The number of methoxy groups -OCH3 is 1. The largest absolute Gasteiger partial charge is 0.493 e. The van der Waals surface area contributed by atoms with Gasteiger partial charge in [0.1, 0.15) is 0 Å². The maximum atomic E-state index is 12.4. The van der Waals surface area contributed by atoms with Gasteiger partial charge in [-0.3, -0.25) is 4.79 Å². The van der Waals surface area contributed by atoms with E-state index in [-0.39, 0.29) is 5.91 Å². The number of ether oxygens (including phenoxy) is 2. The number of nitrogens with one attached hydrogen (secondary N) is 1. The summed E-state index contributed by atoms with van der Waals surface area (Å²) in [7, 11) is 1.56. The molecule has 0 bridgehead atoms. The van der Waals surface area contributed by atoms with Crippen LogP contribution in [0.1, 0.15) is 17.4 Å². The Morgan fingerprint density at radius 2 is 1.92 bits per heavy atom. The van der Waals surface area contributed by atoms with Gasteiger partial charge in [-0.25, -0.2) is 4.68 Å². The Morgan fingerprint density at radius 1 is 1.12 bits per heavy atom. The molecule has 0 atom stereocenters. The number of anilines is 1. The number of amides is 1. The lowest BCUT2D eigenvalue weighted by Crippen LogP contribution is -2.13. The van der Waals surface area contributed by atoms with Crippen molar-refractivity contribution in [1.29, 1.82) is 0 Å². The van der Waals surface area contributed by atoms with E-state index in [4.69, 9.17) is 9.47 Å². The maximum Gasteiger partial charge on any atom is 0.276 e. The highest BCUT2D eigenvalue weighted by atomic mass is 16.5. The number of nitrogens with zero attached hydrogens (tertiary/aromatic N) is 2. The Kier molecular flexibility index (Phi) is 4.99. The highest BCUT2D eigenvalue weighted by molar-refractivity contribution is 6.03. The van der Waals surface area contributed by atoms with Crippen molar-refractivity contribution in [1.82, 2.24) is 9.78 Å². The van der Waals surface area contributed by atoms with Gasteiger partial charge in [-0.1, -0.05) is 18.2 Å². The van der Waals surface area contributed by atoms with E-state index < -0.39 is 0 Å². The highest BCUT2D eigenvalue weighted by Crippen LogP contribution is 2.30. The second-order valence-corrected chi connectivity index (χ2v) is 5.23. The smallest absolute Gasteiger partial charge is 0.276 e. The molecule has 0 fully saturated rings. The number of para-hydroxylation sites is 1. The third-order valence-electron chi connectivity index (χ3n) is 3.56. The predicted octanol–water partition coefficient (Wildman–Crippen LogP) is 3.53. The SMILES string of the molecule is CCOc1ccc(NC(=O)c2ccn(-c3ccccc3)n2)cc1OC. The zero-order valence-corrected chi connectivity index (χ0v) is 14.1. The molecule has 0 aliphatic carbocycles. The number of carbonyl (C=O) groups is 1. The molecule has 0 aliphatic heterocycles. The van der Waals surface area contributed by atoms with E-state index >= 15 is 0 Å². The fourth-order valence-corrected chi connectivity index (χ4v) is 2.38. The van der Waals surface area contributed by atoms with Gasteiger partial charge in [-0.15, -0.1) is 0 Å². The minimum absolute atomic E-state index is 0.291. The van der Waals surface area contributed by atoms with Crippen LogP contribution in [0.5, 0.6) is 11.5 Å². The van der Waals surface area contributed by atoms with Crippen molar-refractivity contribution in [2.45, 2.75) is 6.92 Å². The van der Waals surface area contributed by atoms with Gasteiger partial charge in [0, 0.05) is 18.0 Å². The Balaban J connectivity index is 1.75. The van der Waals surface area contributed by atoms with E-state index in [9.17, 15) is 4.79 Å². The second kappa shape index (κ2) is 7.53. The standard InChI is InChI=1S/C19H19N3O3/c1-3-25-17-10-9-14(13-18(17)24-2)20-19(23)16-11-12-22(21-16)15-7-5-4-6-8-15/h4-13H,3H2,1-2H3,(H,20,23). The minimum atomic E-state index is -0.291. The average molecular weight is 337 g/mol. The van der Waals surface area contributed by atoms with Gasteiger partial charge in [0.05, 0.1) is 19.4 Å². The summed E-state index contributed by atoms with van der Waals surface area (Å²) in [5.41, 5.74) is 1.83. The van der Waals surface area contributed by atoms with Crippen LogP contribution < -0.4 is 14.8 Å². The zero-order chi connectivity index (χ0) is 17.6. The van der Waals surface area contributed by atoms with Crippen molar-refractivity contribution in [2.24, 2.45) is 0 Å². The molecule has 6 nitrogen and oxygen atoms in total. The number of carbonyl (C=O) groups excluding carboxylic acids is 1. The molecule has 1 heterocycles. The summed E-state index contributed by atoms with van der Waals surface area (Å²) < 4.78 is 12.4. The molecule has 25 heavy (non-hydrogen) atoms. The Morgan fingerprint density at radius 3 is 2.64 bits per heavy atom. The van der Waals surface area contributed by atoms with E-state index in [1.54, 1.807) is 42.3 Å². The highest BCUT2D eigenvalue weighted by Gasteiger charge is 2.12. The first kappa shape index (κ1) is 16.6. The summed E-state index contributed by atoms with van der Waals surface area (Å²) in [6, 6.07) is 16.5. The van der Waals surface area contributed by atoms with Crippen molar-refractivity contribution in [3.63, 3.8) is 0 Å². The van der Waals surface area contributed by atoms with Crippen LogP contribution in [0, 0.1) is 0 Å². The Bertz CT molecular complexity index is 859. The lowest BCUT2D eigenvalue weighted by molar-refractivity contribution is 0.102. The lowest BCUT2D eigenvalue weighted by Gasteiger charge is -2.11. The van der Waals surface area contributed by atoms with Gasteiger partial charge in [0.2, 0.25) is 0 Å². The molecule has 2 aromatic carbocycles. The fraction of sp³-hybridized carbons (Fsp3) is 0.158. The zero-order valence-electron chi connectivity index (χ0n) is 14.1. The topological polar surface area (TPSA) is 65.4 Å². The van der Waals surface area contributed by atoms with Crippen LogP contribution >= 0.6 is 0 Å². The van der Waals surface area contributed by atoms with Crippen LogP contribution in [0.2, 0.25) is 0 Å². The number of rotatable bonds is 6. The molecule has 0 radical (unpaired) electrons. The molecule has 0 saturated carbocycles. The van der Waals surface area contributed by atoms with Crippen molar-refractivity contribution in [3.05, 3.63) is 66.5 Å². The van der Waals surface area contributed by atoms with Crippen LogP contribution in [0.4, 0.5) is 5.69 Å². The van der Waals surface area contributed by atoms with Crippen LogP contribution in [-0.4, -0.2) is 29.4 Å². The third kappa shape index (κ3) is 3.80. The first-order chi connectivity index (χ1) is 12.2. The van der Waals surface area contributed by atoms with Crippen LogP contribution in [0.3, 0.4) is 0 Å². The molecule has 0 saturated heterocycles. The molecular weight excluding hydrogens is 318 g/mol. The van der Waals surface area contributed by atoms with Gasteiger partial charge in [0.25, 0.3) is 5.91 Å². The quantitative estimate of drug-likeness (QED) is 0.747. The van der Waals surface area contributed by atoms with Crippen molar-refractivity contribution >= 4 is 11.6 Å². The number of aromatic nitrogens is 2. The third-order valence-corrected chi connectivity index (χ3v) is 3.56. The van der Waals surface area contributed by atoms with Crippen LogP contribution in [0.15, 0.2) is 60.8 Å². The minimum Gasteiger partial charge on any atom is -0.493 e.